The van der Waals surface area contributed by atoms with Crippen LogP contribution in [0.4, 0.5) is 0 Å². The van der Waals surface area contributed by atoms with E-state index in [1.807, 2.05) is 31.2 Å². The summed E-state index contributed by atoms with van der Waals surface area (Å²) in [7, 11) is 0. The van der Waals surface area contributed by atoms with Crippen LogP contribution in [0.3, 0.4) is 0 Å². The summed E-state index contributed by atoms with van der Waals surface area (Å²) in [6.45, 7) is 2.00. The number of para-hydroxylation sites is 1. The lowest BCUT2D eigenvalue weighted by molar-refractivity contribution is -0.132. The van der Waals surface area contributed by atoms with Crippen LogP contribution in [0.15, 0.2) is 24.3 Å². The van der Waals surface area contributed by atoms with Gasteiger partial charge in [-0.3, -0.25) is 9.59 Å². The second kappa shape index (κ2) is 4.53. The Morgan fingerprint density at radius 2 is 2.00 bits per heavy atom. The van der Waals surface area contributed by atoms with Gasteiger partial charge in [0, 0.05) is 35.9 Å². The first-order valence-electron chi connectivity index (χ1n) is 6.53. The number of fused-ring (bicyclic) bond motifs is 1. The molecule has 2 heterocycles. The Morgan fingerprint density at radius 1 is 1.21 bits per heavy atom. The van der Waals surface area contributed by atoms with Crippen LogP contribution in [0.2, 0.25) is 0 Å². The molecule has 1 aromatic carbocycles. The zero-order valence-corrected chi connectivity index (χ0v) is 10.8. The number of benzene rings is 1. The van der Waals surface area contributed by atoms with Gasteiger partial charge in [0.05, 0.1) is 6.04 Å². The second-order valence-corrected chi connectivity index (χ2v) is 5.06. The molecule has 0 saturated carbocycles. The van der Waals surface area contributed by atoms with Crippen LogP contribution in [0.25, 0.3) is 10.9 Å². The van der Waals surface area contributed by atoms with Crippen LogP contribution in [0.1, 0.15) is 24.1 Å². The lowest BCUT2D eigenvalue weighted by atomic mass is 9.95. The summed E-state index contributed by atoms with van der Waals surface area (Å²) >= 11 is 0. The quantitative estimate of drug-likeness (QED) is 0.861. The van der Waals surface area contributed by atoms with E-state index < -0.39 is 0 Å². The first-order valence-corrected chi connectivity index (χ1v) is 6.53. The number of aromatic amines is 1. The molecule has 2 aromatic rings. The number of hydrogen-bond acceptors (Lipinski definition) is 2. The zero-order chi connectivity index (χ0) is 13.4. The van der Waals surface area contributed by atoms with Crippen molar-refractivity contribution in [2.45, 2.75) is 32.2 Å². The van der Waals surface area contributed by atoms with Gasteiger partial charge in [0.1, 0.15) is 0 Å². The van der Waals surface area contributed by atoms with Crippen LogP contribution in [-0.4, -0.2) is 22.7 Å². The summed E-state index contributed by atoms with van der Waals surface area (Å²) in [5.41, 5.74) is 3.26. The summed E-state index contributed by atoms with van der Waals surface area (Å²) in [6.07, 6.45) is 1.25. The number of amides is 1. The van der Waals surface area contributed by atoms with Crippen LogP contribution in [0.5, 0.6) is 0 Å². The van der Waals surface area contributed by atoms with Gasteiger partial charge in [-0.25, -0.2) is 0 Å². The maximum absolute atomic E-state index is 11.9. The molecular weight excluding hydrogens is 240 g/mol. The molecule has 0 radical (unpaired) electrons. The molecule has 98 valence electrons. The third kappa shape index (κ3) is 2.14. The van der Waals surface area contributed by atoms with Crippen molar-refractivity contribution in [3.05, 3.63) is 35.5 Å². The molecule has 1 saturated heterocycles. The van der Waals surface area contributed by atoms with Crippen molar-refractivity contribution >= 4 is 22.6 Å². The summed E-state index contributed by atoms with van der Waals surface area (Å²) in [5.74, 6) is 0.103. The zero-order valence-electron chi connectivity index (χ0n) is 10.8. The first kappa shape index (κ1) is 12.0. The number of rotatable bonds is 2. The fourth-order valence-electron chi connectivity index (χ4n) is 2.72. The smallest absolute Gasteiger partial charge is 0.221 e. The van der Waals surface area contributed by atoms with Crippen molar-refractivity contribution in [2.75, 3.05) is 0 Å². The molecule has 3 rings (SSSR count). The maximum atomic E-state index is 11.9. The number of H-pyrrole nitrogens is 1. The van der Waals surface area contributed by atoms with E-state index in [0.29, 0.717) is 19.3 Å². The molecule has 1 fully saturated rings. The molecule has 4 nitrogen and oxygen atoms in total. The van der Waals surface area contributed by atoms with Crippen molar-refractivity contribution in [3.8, 4) is 0 Å². The van der Waals surface area contributed by atoms with E-state index in [4.69, 9.17) is 0 Å². The fraction of sp³-hybridized carbons (Fsp3) is 0.333. The predicted octanol–water partition coefficient (Wildman–Crippen LogP) is 1.87. The standard InChI is InChI=1S/C15H16N2O2/c1-9-11(10-4-2-3-5-12(10)16-9)8-13-14(18)6-7-15(19)17-13/h2-5,13,16H,6-8H2,1H3,(H,17,19). The van der Waals surface area contributed by atoms with Gasteiger partial charge in [0.15, 0.2) is 5.78 Å². The minimum absolute atomic E-state index is 0.0258. The number of ketones is 1. The van der Waals surface area contributed by atoms with Gasteiger partial charge < -0.3 is 10.3 Å². The molecule has 19 heavy (non-hydrogen) atoms. The minimum Gasteiger partial charge on any atom is -0.358 e. The Hall–Kier alpha value is -2.10. The highest BCUT2D eigenvalue weighted by atomic mass is 16.2. The lowest BCUT2D eigenvalue weighted by Gasteiger charge is -2.22. The Morgan fingerprint density at radius 3 is 2.84 bits per heavy atom. The molecule has 1 aromatic heterocycles. The molecule has 1 aliphatic heterocycles. The van der Waals surface area contributed by atoms with E-state index in [9.17, 15) is 9.59 Å². The number of hydrogen-bond donors (Lipinski definition) is 2. The first-order chi connectivity index (χ1) is 9.15. The monoisotopic (exact) mass is 256 g/mol. The van der Waals surface area contributed by atoms with E-state index in [1.165, 1.54) is 0 Å². The fourth-order valence-corrected chi connectivity index (χ4v) is 2.72. The summed E-state index contributed by atoms with van der Waals surface area (Å²) in [6, 6.07) is 7.66. The average molecular weight is 256 g/mol. The Balaban J connectivity index is 1.94. The maximum Gasteiger partial charge on any atom is 0.221 e. The normalized spacial score (nSPS) is 19.7. The number of Topliss-reactive ketones (excluding diaryl/α,β-unsaturated/α-hetero) is 1. The summed E-state index contributed by atoms with van der Waals surface area (Å²) in [5, 5.41) is 3.93. The molecule has 1 aliphatic rings. The molecule has 4 heteroatoms. The number of carbonyl (C=O) groups excluding carboxylic acids is 2. The number of carbonyl (C=O) groups is 2. The predicted molar refractivity (Wildman–Crippen MR) is 72.9 cm³/mol. The van der Waals surface area contributed by atoms with Gasteiger partial charge >= 0.3 is 0 Å². The number of aromatic nitrogens is 1. The number of aryl methyl sites for hydroxylation is 1. The number of piperidine rings is 1. The highest BCUT2D eigenvalue weighted by molar-refractivity contribution is 5.96. The van der Waals surface area contributed by atoms with Crippen LogP contribution >= 0.6 is 0 Å². The Bertz CT molecular complexity index is 657. The van der Waals surface area contributed by atoms with E-state index in [1.54, 1.807) is 0 Å². The van der Waals surface area contributed by atoms with Crippen molar-refractivity contribution in [1.29, 1.82) is 0 Å². The Kier molecular flexibility index (Phi) is 2.85. The van der Waals surface area contributed by atoms with E-state index in [0.717, 1.165) is 22.2 Å². The molecule has 1 amide bonds. The second-order valence-electron chi connectivity index (χ2n) is 5.06. The van der Waals surface area contributed by atoms with Gasteiger partial charge in [0.2, 0.25) is 5.91 Å². The van der Waals surface area contributed by atoms with Crippen molar-refractivity contribution in [1.82, 2.24) is 10.3 Å². The molecule has 2 N–H and O–H groups in total. The average Bonchev–Trinajstić information content (AvgIpc) is 2.71. The Labute approximate surface area is 111 Å². The van der Waals surface area contributed by atoms with Crippen LogP contribution in [-0.2, 0) is 16.0 Å². The third-order valence-corrected chi connectivity index (χ3v) is 3.76. The van der Waals surface area contributed by atoms with Gasteiger partial charge in [-0.2, -0.15) is 0 Å². The molecule has 0 aliphatic carbocycles. The lowest BCUT2D eigenvalue weighted by Crippen LogP contribution is -2.46. The molecule has 1 unspecified atom stereocenters. The SMILES string of the molecule is Cc1[nH]c2ccccc2c1CC1NC(=O)CCC1=O. The largest absolute Gasteiger partial charge is 0.358 e. The number of nitrogens with one attached hydrogen (secondary N) is 2. The summed E-state index contributed by atoms with van der Waals surface area (Å²) in [4.78, 5) is 26.6. The van der Waals surface area contributed by atoms with Crippen LogP contribution < -0.4 is 5.32 Å². The van der Waals surface area contributed by atoms with Crippen LogP contribution in [0, 0.1) is 6.92 Å². The molecule has 0 spiro atoms. The molecular formula is C15H16N2O2. The summed E-state index contributed by atoms with van der Waals surface area (Å²) < 4.78 is 0. The molecule has 0 bridgehead atoms. The topological polar surface area (TPSA) is 62.0 Å². The van der Waals surface area contributed by atoms with Gasteiger partial charge in [-0.1, -0.05) is 18.2 Å². The van der Waals surface area contributed by atoms with E-state index in [2.05, 4.69) is 10.3 Å². The van der Waals surface area contributed by atoms with E-state index in [-0.39, 0.29) is 17.7 Å². The highest BCUT2D eigenvalue weighted by Crippen LogP contribution is 2.24. The van der Waals surface area contributed by atoms with Crippen molar-refractivity contribution < 1.29 is 9.59 Å². The highest BCUT2D eigenvalue weighted by Gasteiger charge is 2.27. The van der Waals surface area contributed by atoms with Crippen molar-refractivity contribution in [3.63, 3.8) is 0 Å². The van der Waals surface area contributed by atoms with Gasteiger partial charge in [-0.15, -0.1) is 0 Å². The van der Waals surface area contributed by atoms with E-state index >= 15 is 0 Å². The van der Waals surface area contributed by atoms with Gasteiger partial charge in [0.25, 0.3) is 0 Å². The van der Waals surface area contributed by atoms with Gasteiger partial charge in [-0.05, 0) is 18.6 Å². The van der Waals surface area contributed by atoms with Crippen molar-refractivity contribution in [2.24, 2.45) is 0 Å². The third-order valence-electron chi connectivity index (χ3n) is 3.76. The molecule has 1 atom stereocenters. The minimum atomic E-state index is -0.376.